The van der Waals surface area contributed by atoms with Gasteiger partial charge in [0.05, 0.1) is 6.54 Å². The van der Waals surface area contributed by atoms with E-state index in [1.165, 1.54) is 4.90 Å². The molecule has 1 aliphatic rings. The van der Waals surface area contributed by atoms with Crippen LogP contribution in [0.4, 0.5) is 0 Å². The third-order valence-corrected chi connectivity index (χ3v) is 2.29. The standard InChI is InChI=1S/C9H14N2O2S/c1-10-6-9(13)11(7-8(10)12)4-2-3-5-14/h2-3,14H,4-7H2,1H3. The van der Waals surface area contributed by atoms with E-state index in [4.69, 9.17) is 0 Å². The highest BCUT2D eigenvalue weighted by Crippen LogP contribution is 2.02. The molecule has 0 atom stereocenters. The second-order valence-electron chi connectivity index (χ2n) is 3.18. The Morgan fingerprint density at radius 2 is 2.00 bits per heavy atom. The van der Waals surface area contributed by atoms with Gasteiger partial charge in [-0.05, 0) is 0 Å². The zero-order valence-electron chi connectivity index (χ0n) is 8.14. The molecule has 1 rings (SSSR count). The summed E-state index contributed by atoms with van der Waals surface area (Å²) in [6, 6.07) is 0. The average molecular weight is 214 g/mol. The summed E-state index contributed by atoms with van der Waals surface area (Å²) in [6.45, 7) is 0.874. The Balaban J connectivity index is 2.49. The number of carbonyl (C=O) groups excluding carboxylic acids is 2. The van der Waals surface area contributed by atoms with Gasteiger partial charge in [0, 0.05) is 19.3 Å². The SMILES string of the molecule is CN1CC(=O)N(CC=CCS)CC1=O. The lowest BCUT2D eigenvalue weighted by Crippen LogP contribution is -2.52. The number of amides is 2. The number of likely N-dealkylation sites (N-methyl/N-ethyl adjacent to an activating group) is 1. The fourth-order valence-corrected chi connectivity index (χ4v) is 1.35. The van der Waals surface area contributed by atoms with Gasteiger partial charge in [0.15, 0.2) is 0 Å². The Morgan fingerprint density at radius 3 is 2.64 bits per heavy atom. The van der Waals surface area contributed by atoms with Crippen LogP contribution in [0.25, 0.3) is 0 Å². The van der Waals surface area contributed by atoms with Crippen molar-refractivity contribution in [2.24, 2.45) is 0 Å². The minimum atomic E-state index is -0.0103. The molecule has 2 amide bonds. The minimum Gasteiger partial charge on any atom is -0.335 e. The number of hydrogen-bond acceptors (Lipinski definition) is 3. The molecular weight excluding hydrogens is 200 g/mol. The van der Waals surface area contributed by atoms with Crippen molar-refractivity contribution in [1.82, 2.24) is 9.80 Å². The summed E-state index contributed by atoms with van der Waals surface area (Å²) in [6.07, 6.45) is 3.71. The van der Waals surface area contributed by atoms with Crippen molar-refractivity contribution < 1.29 is 9.59 Å². The van der Waals surface area contributed by atoms with E-state index in [2.05, 4.69) is 12.6 Å². The number of rotatable bonds is 3. The van der Waals surface area contributed by atoms with E-state index in [1.807, 2.05) is 12.2 Å². The van der Waals surface area contributed by atoms with E-state index < -0.39 is 0 Å². The van der Waals surface area contributed by atoms with Crippen molar-refractivity contribution in [3.05, 3.63) is 12.2 Å². The fraction of sp³-hybridized carbons (Fsp3) is 0.556. The lowest BCUT2D eigenvalue weighted by Gasteiger charge is -2.30. The molecule has 0 unspecified atom stereocenters. The van der Waals surface area contributed by atoms with Gasteiger partial charge in [-0.1, -0.05) is 12.2 Å². The predicted molar refractivity (Wildman–Crippen MR) is 57.2 cm³/mol. The Bertz CT molecular complexity index is 266. The summed E-state index contributed by atoms with van der Waals surface area (Å²) in [5, 5.41) is 0. The molecule has 1 aliphatic heterocycles. The Morgan fingerprint density at radius 1 is 1.29 bits per heavy atom. The maximum Gasteiger partial charge on any atom is 0.242 e. The van der Waals surface area contributed by atoms with Crippen LogP contribution in [0.5, 0.6) is 0 Å². The molecule has 0 saturated carbocycles. The second kappa shape index (κ2) is 5.05. The van der Waals surface area contributed by atoms with Crippen molar-refractivity contribution in [3.8, 4) is 0 Å². The first-order chi connectivity index (χ1) is 6.65. The highest BCUT2D eigenvalue weighted by atomic mass is 32.1. The molecule has 0 aromatic heterocycles. The zero-order chi connectivity index (χ0) is 10.6. The number of nitrogens with zero attached hydrogens (tertiary/aromatic N) is 2. The van der Waals surface area contributed by atoms with Crippen LogP contribution < -0.4 is 0 Å². The topological polar surface area (TPSA) is 40.6 Å². The van der Waals surface area contributed by atoms with Crippen molar-refractivity contribution in [2.75, 3.05) is 32.4 Å². The minimum absolute atomic E-state index is 0.00378. The van der Waals surface area contributed by atoms with Gasteiger partial charge in [-0.15, -0.1) is 0 Å². The third-order valence-electron chi connectivity index (χ3n) is 2.07. The molecule has 0 bridgehead atoms. The van der Waals surface area contributed by atoms with Crippen molar-refractivity contribution in [3.63, 3.8) is 0 Å². The first kappa shape index (κ1) is 11.1. The van der Waals surface area contributed by atoms with Crippen LogP contribution in [0.3, 0.4) is 0 Å². The molecule has 0 aromatic rings. The maximum absolute atomic E-state index is 11.4. The van der Waals surface area contributed by atoms with E-state index in [0.29, 0.717) is 12.3 Å². The maximum atomic E-state index is 11.4. The molecule has 4 nitrogen and oxygen atoms in total. The van der Waals surface area contributed by atoms with Gasteiger partial charge in [-0.3, -0.25) is 9.59 Å². The fourth-order valence-electron chi connectivity index (χ4n) is 1.21. The van der Waals surface area contributed by atoms with Gasteiger partial charge in [0.25, 0.3) is 0 Å². The van der Waals surface area contributed by atoms with Gasteiger partial charge in [0.2, 0.25) is 11.8 Å². The first-order valence-corrected chi connectivity index (χ1v) is 5.06. The zero-order valence-corrected chi connectivity index (χ0v) is 9.04. The number of piperazine rings is 1. The molecular formula is C9H14N2O2S. The number of hydrogen-bond donors (Lipinski definition) is 1. The molecule has 1 heterocycles. The first-order valence-electron chi connectivity index (χ1n) is 4.42. The molecule has 14 heavy (non-hydrogen) atoms. The normalized spacial score (nSPS) is 18.4. The predicted octanol–water partition coefficient (Wildman–Crippen LogP) is -0.227. The van der Waals surface area contributed by atoms with E-state index in [9.17, 15) is 9.59 Å². The van der Waals surface area contributed by atoms with Gasteiger partial charge in [0.1, 0.15) is 6.54 Å². The van der Waals surface area contributed by atoms with Crippen LogP contribution >= 0.6 is 12.6 Å². The lowest BCUT2D eigenvalue weighted by atomic mass is 10.3. The van der Waals surface area contributed by atoms with E-state index >= 15 is 0 Å². The van der Waals surface area contributed by atoms with Gasteiger partial charge in [-0.2, -0.15) is 12.6 Å². The molecule has 1 saturated heterocycles. The van der Waals surface area contributed by atoms with Gasteiger partial charge in [-0.25, -0.2) is 0 Å². The van der Waals surface area contributed by atoms with Crippen molar-refractivity contribution in [1.29, 1.82) is 0 Å². The number of thiol groups is 1. The summed E-state index contributed by atoms with van der Waals surface area (Å²) in [7, 11) is 1.64. The molecule has 0 N–H and O–H groups in total. The summed E-state index contributed by atoms with van der Waals surface area (Å²) >= 11 is 4.01. The molecule has 0 spiro atoms. The molecule has 78 valence electrons. The highest BCUT2D eigenvalue weighted by Gasteiger charge is 2.26. The molecule has 0 aromatic carbocycles. The van der Waals surface area contributed by atoms with Crippen LogP contribution in [0.1, 0.15) is 0 Å². The van der Waals surface area contributed by atoms with Gasteiger partial charge < -0.3 is 9.80 Å². The molecule has 0 radical (unpaired) electrons. The van der Waals surface area contributed by atoms with Crippen LogP contribution in [0.15, 0.2) is 12.2 Å². The second-order valence-corrected chi connectivity index (χ2v) is 3.54. The Hall–Kier alpha value is -0.970. The Labute approximate surface area is 89.0 Å². The van der Waals surface area contributed by atoms with Crippen molar-refractivity contribution in [2.45, 2.75) is 0 Å². The summed E-state index contributed by atoms with van der Waals surface area (Å²) in [5.41, 5.74) is 0. The van der Waals surface area contributed by atoms with Crippen LogP contribution in [-0.4, -0.2) is 54.0 Å². The molecule has 0 aliphatic carbocycles. The molecule has 5 heteroatoms. The summed E-state index contributed by atoms with van der Waals surface area (Å²) < 4.78 is 0. The summed E-state index contributed by atoms with van der Waals surface area (Å²) in [4.78, 5) is 25.7. The largest absolute Gasteiger partial charge is 0.335 e. The number of carbonyl (C=O) groups is 2. The smallest absolute Gasteiger partial charge is 0.242 e. The molecule has 1 fully saturated rings. The quantitative estimate of drug-likeness (QED) is 0.521. The average Bonchev–Trinajstić information content (AvgIpc) is 2.14. The van der Waals surface area contributed by atoms with E-state index in [1.54, 1.807) is 11.9 Å². The van der Waals surface area contributed by atoms with Crippen LogP contribution in [0.2, 0.25) is 0 Å². The van der Waals surface area contributed by atoms with Crippen LogP contribution in [0, 0.1) is 0 Å². The third kappa shape index (κ3) is 2.77. The highest BCUT2D eigenvalue weighted by molar-refractivity contribution is 7.80. The monoisotopic (exact) mass is 214 g/mol. The summed E-state index contributed by atoms with van der Waals surface area (Å²) in [5.74, 6) is 0.635. The van der Waals surface area contributed by atoms with Crippen molar-refractivity contribution >= 4 is 24.4 Å². The van der Waals surface area contributed by atoms with E-state index in [-0.39, 0.29) is 24.9 Å². The lowest BCUT2D eigenvalue weighted by molar-refractivity contribution is -0.148. The van der Waals surface area contributed by atoms with Gasteiger partial charge >= 0.3 is 0 Å². The Kier molecular flexibility index (Phi) is 4.00. The van der Waals surface area contributed by atoms with E-state index in [0.717, 1.165) is 0 Å². The van der Waals surface area contributed by atoms with Crippen LogP contribution in [-0.2, 0) is 9.59 Å².